The number of rotatable bonds is 4. The van der Waals surface area contributed by atoms with Crippen LogP contribution in [-0.4, -0.2) is 25.7 Å². The first kappa shape index (κ1) is 16.2. The second kappa shape index (κ2) is 6.92. The van der Waals surface area contributed by atoms with Crippen molar-refractivity contribution >= 4 is 33.4 Å². The lowest BCUT2D eigenvalue weighted by atomic mass is 9.90. The number of benzene rings is 1. The molecule has 6 nitrogen and oxygen atoms in total. The van der Waals surface area contributed by atoms with E-state index in [4.69, 9.17) is 0 Å². The van der Waals surface area contributed by atoms with Crippen LogP contribution >= 0.6 is 11.3 Å². The Morgan fingerprint density at radius 1 is 1.24 bits per heavy atom. The van der Waals surface area contributed by atoms with Crippen LogP contribution in [0.15, 0.2) is 24.3 Å². The Kier molecular flexibility index (Phi) is 4.48. The van der Waals surface area contributed by atoms with E-state index in [1.807, 2.05) is 35.8 Å². The van der Waals surface area contributed by atoms with Crippen LogP contribution < -0.4 is 5.32 Å². The number of carbonyl (C=O) groups is 1. The first-order chi connectivity index (χ1) is 12.2. The van der Waals surface area contributed by atoms with Gasteiger partial charge >= 0.3 is 0 Å². The summed E-state index contributed by atoms with van der Waals surface area (Å²) in [5.41, 5.74) is 1.87. The monoisotopic (exact) mass is 355 g/mol. The van der Waals surface area contributed by atoms with E-state index < -0.39 is 0 Å². The predicted molar refractivity (Wildman–Crippen MR) is 98.8 cm³/mol. The largest absolute Gasteiger partial charge is 0.319 e. The molecule has 1 aromatic carbocycles. The molecule has 1 aliphatic rings. The maximum atomic E-state index is 12.4. The molecule has 3 aromatic rings. The van der Waals surface area contributed by atoms with Gasteiger partial charge < -0.3 is 4.57 Å². The average Bonchev–Trinajstić information content (AvgIpc) is 3.21. The zero-order valence-electron chi connectivity index (χ0n) is 14.2. The van der Waals surface area contributed by atoms with Crippen molar-refractivity contribution < 1.29 is 4.79 Å². The lowest BCUT2D eigenvalue weighted by Gasteiger charge is -2.18. The molecule has 0 unspecified atom stereocenters. The van der Waals surface area contributed by atoms with Crippen molar-refractivity contribution in [2.75, 3.05) is 5.32 Å². The Balaban J connectivity index is 1.45. The highest BCUT2D eigenvalue weighted by atomic mass is 32.1. The van der Waals surface area contributed by atoms with Crippen LogP contribution in [0.25, 0.3) is 11.0 Å². The number of amides is 1. The molecule has 0 saturated heterocycles. The number of para-hydroxylation sites is 2. The predicted octanol–water partition coefficient (Wildman–Crippen LogP) is 3.88. The zero-order chi connectivity index (χ0) is 17.2. The molecule has 1 saturated carbocycles. The van der Waals surface area contributed by atoms with Crippen LogP contribution in [0.5, 0.6) is 0 Å². The molecule has 1 N–H and O–H groups in total. The lowest BCUT2D eigenvalue weighted by Crippen LogP contribution is -2.19. The smallest absolute Gasteiger partial charge is 0.246 e. The van der Waals surface area contributed by atoms with Crippen molar-refractivity contribution in [1.82, 2.24) is 19.7 Å². The topological polar surface area (TPSA) is 72.7 Å². The lowest BCUT2D eigenvalue weighted by molar-refractivity contribution is -0.116. The molecule has 2 aromatic heterocycles. The van der Waals surface area contributed by atoms with Crippen LogP contribution in [0.3, 0.4) is 0 Å². The molecule has 130 valence electrons. The number of nitrogens with zero attached hydrogens (tertiary/aromatic N) is 4. The summed E-state index contributed by atoms with van der Waals surface area (Å²) >= 11 is 1.51. The minimum atomic E-state index is -0.0994. The van der Waals surface area contributed by atoms with Gasteiger partial charge in [0.1, 0.15) is 17.4 Å². The summed E-state index contributed by atoms with van der Waals surface area (Å²) in [5.74, 6) is 1.24. The first-order valence-corrected chi connectivity index (χ1v) is 9.57. The quantitative estimate of drug-likeness (QED) is 0.771. The third kappa shape index (κ3) is 3.42. The van der Waals surface area contributed by atoms with Crippen LogP contribution in [0.2, 0.25) is 0 Å². The molecule has 0 atom stereocenters. The number of imidazole rings is 1. The summed E-state index contributed by atoms with van der Waals surface area (Å²) < 4.78 is 1.92. The van der Waals surface area contributed by atoms with Crippen LogP contribution in [0, 0.1) is 6.92 Å². The van der Waals surface area contributed by atoms with Gasteiger partial charge in [-0.3, -0.25) is 10.1 Å². The second-order valence-corrected chi connectivity index (χ2v) is 7.57. The van der Waals surface area contributed by atoms with Crippen molar-refractivity contribution in [3.63, 3.8) is 0 Å². The molecule has 4 rings (SSSR count). The van der Waals surface area contributed by atoms with E-state index in [-0.39, 0.29) is 12.5 Å². The summed E-state index contributed by atoms with van der Waals surface area (Å²) in [7, 11) is 0. The number of aryl methyl sites for hydroxylation is 1. The second-order valence-electron chi connectivity index (χ2n) is 6.56. The van der Waals surface area contributed by atoms with Gasteiger partial charge in [0, 0.05) is 5.92 Å². The Morgan fingerprint density at radius 2 is 2.04 bits per heavy atom. The third-order valence-corrected chi connectivity index (χ3v) is 5.79. The number of hydrogen-bond donors (Lipinski definition) is 1. The summed E-state index contributed by atoms with van der Waals surface area (Å²) in [6.07, 6.45) is 6.21. The first-order valence-electron chi connectivity index (χ1n) is 8.76. The van der Waals surface area contributed by atoms with Gasteiger partial charge in [-0.2, -0.15) is 0 Å². The van der Waals surface area contributed by atoms with Crippen molar-refractivity contribution in [1.29, 1.82) is 0 Å². The molecule has 0 radical (unpaired) electrons. The molecular weight excluding hydrogens is 334 g/mol. The van der Waals surface area contributed by atoms with E-state index >= 15 is 0 Å². The summed E-state index contributed by atoms with van der Waals surface area (Å²) in [6.45, 7) is 2.14. The van der Waals surface area contributed by atoms with Gasteiger partial charge in [-0.15, -0.1) is 10.2 Å². The summed E-state index contributed by atoms with van der Waals surface area (Å²) in [6, 6.07) is 7.85. The summed E-state index contributed by atoms with van der Waals surface area (Å²) in [4.78, 5) is 16.9. The van der Waals surface area contributed by atoms with E-state index in [2.05, 4.69) is 20.5 Å². The van der Waals surface area contributed by atoms with Gasteiger partial charge in [-0.05, 0) is 31.9 Å². The molecule has 1 fully saturated rings. The molecular formula is C18H21N5OS. The maximum absolute atomic E-state index is 12.4. The normalized spacial score (nSPS) is 15.6. The average molecular weight is 355 g/mol. The van der Waals surface area contributed by atoms with Crippen LogP contribution in [0.4, 0.5) is 5.13 Å². The number of aromatic nitrogens is 4. The Labute approximate surface area is 150 Å². The van der Waals surface area contributed by atoms with Gasteiger partial charge in [-0.25, -0.2) is 4.98 Å². The van der Waals surface area contributed by atoms with E-state index in [9.17, 15) is 4.79 Å². The van der Waals surface area contributed by atoms with Gasteiger partial charge in [0.25, 0.3) is 0 Å². The standard InChI is InChI=1S/C18H21N5OS/c1-12-19-14-9-5-6-10-15(14)23(12)11-16(24)20-18-22-21-17(25-18)13-7-3-2-4-8-13/h5-6,9-10,13H,2-4,7-8,11H2,1H3,(H,20,22,24). The molecule has 0 bridgehead atoms. The molecule has 25 heavy (non-hydrogen) atoms. The van der Waals surface area contributed by atoms with Gasteiger partial charge in [-0.1, -0.05) is 42.7 Å². The van der Waals surface area contributed by atoms with E-state index in [1.54, 1.807) is 0 Å². The van der Waals surface area contributed by atoms with Crippen molar-refractivity contribution in [2.24, 2.45) is 0 Å². The van der Waals surface area contributed by atoms with E-state index in [0.717, 1.165) is 21.9 Å². The number of carbonyl (C=O) groups excluding carboxylic acids is 1. The number of nitrogens with one attached hydrogen (secondary N) is 1. The molecule has 0 aliphatic heterocycles. The van der Waals surface area contributed by atoms with E-state index in [1.165, 1.54) is 43.4 Å². The Morgan fingerprint density at radius 3 is 2.88 bits per heavy atom. The fourth-order valence-corrected chi connectivity index (χ4v) is 4.43. The summed E-state index contributed by atoms with van der Waals surface area (Å²) in [5, 5.41) is 13.0. The number of anilines is 1. The van der Waals surface area contributed by atoms with E-state index in [0.29, 0.717) is 11.0 Å². The minimum Gasteiger partial charge on any atom is -0.319 e. The van der Waals surface area contributed by atoms with Crippen LogP contribution in [-0.2, 0) is 11.3 Å². The molecule has 7 heteroatoms. The molecule has 2 heterocycles. The van der Waals surface area contributed by atoms with Gasteiger partial charge in [0.15, 0.2) is 0 Å². The zero-order valence-corrected chi connectivity index (χ0v) is 15.1. The highest BCUT2D eigenvalue weighted by Crippen LogP contribution is 2.35. The third-order valence-electron chi connectivity index (χ3n) is 4.79. The maximum Gasteiger partial charge on any atom is 0.246 e. The van der Waals surface area contributed by atoms with Gasteiger partial charge in [0.2, 0.25) is 11.0 Å². The van der Waals surface area contributed by atoms with Crippen molar-refractivity contribution in [2.45, 2.75) is 51.5 Å². The Hall–Kier alpha value is -2.28. The SMILES string of the molecule is Cc1nc2ccccc2n1CC(=O)Nc1nnc(C2CCCCC2)s1. The fourth-order valence-electron chi connectivity index (χ4n) is 3.50. The number of hydrogen-bond acceptors (Lipinski definition) is 5. The highest BCUT2D eigenvalue weighted by molar-refractivity contribution is 7.15. The van der Waals surface area contributed by atoms with Gasteiger partial charge in [0.05, 0.1) is 11.0 Å². The van der Waals surface area contributed by atoms with Crippen molar-refractivity contribution in [3.8, 4) is 0 Å². The van der Waals surface area contributed by atoms with Crippen molar-refractivity contribution in [3.05, 3.63) is 35.1 Å². The molecule has 1 amide bonds. The fraction of sp³-hybridized carbons (Fsp3) is 0.444. The molecule has 1 aliphatic carbocycles. The Bertz CT molecular complexity index is 894. The van der Waals surface area contributed by atoms with Crippen LogP contribution in [0.1, 0.15) is 48.9 Å². The number of fused-ring (bicyclic) bond motifs is 1. The highest BCUT2D eigenvalue weighted by Gasteiger charge is 2.20. The minimum absolute atomic E-state index is 0.0994. The molecule has 0 spiro atoms.